The molecule has 2 N–H and O–H groups in total. The summed E-state index contributed by atoms with van der Waals surface area (Å²) in [5, 5.41) is 23.5. The van der Waals surface area contributed by atoms with Crippen molar-refractivity contribution in [3.05, 3.63) is 51.6 Å². The van der Waals surface area contributed by atoms with E-state index in [-0.39, 0.29) is 5.56 Å². The monoisotopic (exact) mass is 366 g/mol. The third kappa shape index (κ3) is 3.04. The maximum Gasteiger partial charge on any atom is 0.271 e. The first-order chi connectivity index (χ1) is 12.8. The van der Waals surface area contributed by atoms with Crippen molar-refractivity contribution >= 4 is 23.3 Å². The molecular weight excluding hydrogens is 352 g/mol. The summed E-state index contributed by atoms with van der Waals surface area (Å²) in [6.45, 7) is 0.705. The van der Waals surface area contributed by atoms with E-state index < -0.39 is 5.56 Å². The summed E-state index contributed by atoms with van der Waals surface area (Å²) in [7, 11) is 0. The molecule has 0 saturated carbocycles. The zero-order valence-electron chi connectivity index (χ0n) is 13.6. The maximum absolute atomic E-state index is 12.4. The highest BCUT2D eigenvalue weighted by Gasteiger charge is 2.24. The molecule has 1 aliphatic heterocycles. The number of nitriles is 1. The van der Waals surface area contributed by atoms with E-state index in [2.05, 4.69) is 36.7 Å². The van der Waals surface area contributed by atoms with Crippen LogP contribution in [0, 0.1) is 11.3 Å². The zero-order valence-corrected chi connectivity index (χ0v) is 14.5. The highest BCUT2D eigenvalue weighted by Crippen LogP contribution is 2.33. The quantitative estimate of drug-likeness (QED) is 0.526. The van der Waals surface area contributed by atoms with Gasteiger partial charge < -0.3 is 9.88 Å². The predicted octanol–water partition coefficient (Wildman–Crippen LogP) is 1.53. The lowest BCUT2D eigenvalue weighted by Crippen LogP contribution is -2.29. The number of benzene rings is 1. The molecule has 130 valence electrons. The van der Waals surface area contributed by atoms with Crippen LogP contribution in [0.25, 0.3) is 0 Å². The highest BCUT2D eigenvalue weighted by atomic mass is 32.2. The molecule has 0 spiro atoms. The van der Waals surface area contributed by atoms with Gasteiger partial charge in [-0.15, -0.1) is 10.2 Å². The maximum atomic E-state index is 12.4. The number of H-pyrrole nitrogens is 2. The molecule has 0 fully saturated rings. The van der Waals surface area contributed by atoms with E-state index in [1.807, 2.05) is 29.2 Å². The largest absolute Gasteiger partial charge is 0.325 e. The minimum absolute atomic E-state index is 0.0191. The summed E-state index contributed by atoms with van der Waals surface area (Å²) in [5.74, 6) is 1.30. The number of nitrogens with one attached hydrogen (secondary N) is 2. The zero-order chi connectivity index (χ0) is 17.9. The molecule has 0 saturated heterocycles. The number of fused-ring (bicyclic) bond motifs is 1. The Bertz CT molecular complexity index is 1020. The molecule has 10 heteroatoms. The number of hydrogen-bond donors (Lipinski definition) is 2. The molecule has 3 heterocycles. The number of rotatable bonds is 4. The molecule has 0 bridgehead atoms. The van der Waals surface area contributed by atoms with Gasteiger partial charge in [-0.2, -0.15) is 10.5 Å². The number of nitrogens with zero attached hydrogens (tertiary/aromatic N) is 6. The van der Waals surface area contributed by atoms with E-state index >= 15 is 0 Å². The third-order valence-electron chi connectivity index (χ3n) is 4.08. The summed E-state index contributed by atoms with van der Waals surface area (Å²) in [6, 6.07) is 9.98. The van der Waals surface area contributed by atoms with Crippen molar-refractivity contribution in [3.63, 3.8) is 0 Å². The number of thioether (sulfide) groups is 1. The van der Waals surface area contributed by atoms with Crippen molar-refractivity contribution in [2.45, 2.75) is 23.8 Å². The van der Waals surface area contributed by atoms with Crippen LogP contribution < -0.4 is 10.5 Å². The Morgan fingerprint density at radius 2 is 2.23 bits per heavy atom. The molecule has 9 nitrogen and oxygen atoms in total. The van der Waals surface area contributed by atoms with Crippen LogP contribution in [0.15, 0.2) is 34.2 Å². The van der Waals surface area contributed by atoms with Gasteiger partial charge in [0, 0.05) is 12.2 Å². The van der Waals surface area contributed by atoms with Crippen LogP contribution in [0.1, 0.15) is 23.4 Å². The van der Waals surface area contributed by atoms with E-state index in [0.717, 1.165) is 18.5 Å². The summed E-state index contributed by atoms with van der Waals surface area (Å²) in [5.41, 5.74) is 1.75. The molecular formula is C16H14N8OS. The lowest BCUT2D eigenvalue weighted by atomic mass is 10.0. The number of aromatic amines is 2. The molecule has 4 rings (SSSR count). The van der Waals surface area contributed by atoms with E-state index in [0.29, 0.717) is 29.1 Å². The van der Waals surface area contributed by atoms with E-state index in [4.69, 9.17) is 0 Å². The number of tetrazole rings is 1. The van der Waals surface area contributed by atoms with Crippen molar-refractivity contribution in [2.24, 2.45) is 0 Å². The van der Waals surface area contributed by atoms with Crippen LogP contribution in [0.5, 0.6) is 0 Å². The average molecular weight is 366 g/mol. The van der Waals surface area contributed by atoms with Crippen LogP contribution in [0.4, 0.5) is 11.5 Å². The van der Waals surface area contributed by atoms with E-state index in [1.54, 1.807) is 0 Å². The summed E-state index contributed by atoms with van der Waals surface area (Å²) >= 11 is 1.28. The van der Waals surface area contributed by atoms with E-state index in [1.165, 1.54) is 17.3 Å². The number of para-hydroxylation sites is 1. The first kappa shape index (κ1) is 16.3. The van der Waals surface area contributed by atoms with Crippen molar-refractivity contribution in [1.82, 2.24) is 30.6 Å². The second-order valence-corrected chi connectivity index (χ2v) is 6.65. The molecule has 0 amide bonds. The van der Waals surface area contributed by atoms with Gasteiger partial charge >= 0.3 is 0 Å². The van der Waals surface area contributed by atoms with Gasteiger partial charge in [0.15, 0.2) is 22.4 Å². The molecule has 0 radical (unpaired) electrons. The SMILES string of the molecule is N#Cc1c(N2CCCc3ccccc32)nc(SCc2nn[nH]n2)[nH]c1=O. The van der Waals surface area contributed by atoms with Crippen molar-refractivity contribution in [3.8, 4) is 6.07 Å². The minimum atomic E-state index is -0.448. The standard InChI is InChI=1S/C16H14N8OS/c17-8-11-14(24-7-3-5-10-4-1-2-6-12(10)24)18-16(19-15(11)25)26-9-13-20-22-23-21-13/h1-2,4,6H,3,5,7,9H2,(H,18,19,25)(H,20,21,22,23). The Kier molecular flexibility index (Phi) is 4.37. The van der Waals surface area contributed by atoms with Gasteiger partial charge in [0.2, 0.25) is 0 Å². The highest BCUT2D eigenvalue weighted by molar-refractivity contribution is 7.98. The average Bonchev–Trinajstić information content (AvgIpc) is 3.19. The van der Waals surface area contributed by atoms with Crippen LogP contribution in [0.2, 0.25) is 0 Å². The van der Waals surface area contributed by atoms with Crippen molar-refractivity contribution < 1.29 is 0 Å². The minimum Gasteiger partial charge on any atom is -0.325 e. The Morgan fingerprint density at radius 1 is 1.35 bits per heavy atom. The van der Waals surface area contributed by atoms with Crippen molar-refractivity contribution in [2.75, 3.05) is 11.4 Å². The van der Waals surface area contributed by atoms with Crippen molar-refractivity contribution in [1.29, 1.82) is 5.26 Å². The normalized spacial score (nSPS) is 13.3. The first-order valence-electron chi connectivity index (χ1n) is 8.01. The predicted molar refractivity (Wildman–Crippen MR) is 95.1 cm³/mol. The molecule has 1 aromatic carbocycles. The first-order valence-corrected chi connectivity index (χ1v) is 9.00. The summed E-state index contributed by atoms with van der Waals surface area (Å²) in [4.78, 5) is 21.6. The molecule has 0 aliphatic carbocycles. The summed E-state index contributed by atoms with van der Waals surface area (Å²) in [6.07, 6.45) is 1.90. The van der Waals surface area contributed by atoms with Gasteiger partial charge in [0.25, 0.3) is 5.56 Å². The van der Waals surface area contributed by atoms with Gasteiger partial charge in [-0.05, 0) is 24.5 Å². The summed E-state index contributed by atoms with van der Waals surface area (Å²) < 4.78 is 0. The van der Waals surface area contributed by atoms with Crippen LogP contribution in [-0.4, -0.2) is 37.1 Å². The van der Waals surface area contributed by atoms with Gasteiger partial charge in [0.05, 0.1) is 5.75 Å². The number of aromatic nitrogens is 6. The number of hydrogen-bond acceptors (Lipinski definition) is 8. The fourth-order valence-corrected chi connectivity index (χ4v) is 3.64. The molecule has 2 aromatic heterocycles. The molecule has 3 aromatic rings. The number of anilines is 2. The van der Waals surface area contributed by atoms with Gasteiger partial charge in [-0.25, -0.2) is 4.98 Å². The molecule has 26 heavy (non-hydrogen) atoms. The Morgan fingerprint density at radius 3 is 3.04 bits per heavy atom. The number of aryl methyl sites for hydroxylation is 1. The molecule has 1 aliphatic rings. The second kappa shape index (κ2) is 6.97. The lowest BCUT2D eigenvalue weighted by molar-refractivity contribution is 0.748. The van der Waals surface area contributed by atoms with Gasteiger partial charge in [-0.3, -0.25) is 4.79 Å². The van der Waals surface area contributed by atoms with Crippen LogP contribution >= 0.6 is 11.8 Å². The molecule has 0 unspecified atom stereocenters. The lowest BCUT2D eigenvalue weighted by Gasteiger charge is -2.30. The molecule has 0 atom stereocenters. The Labute approximate surface area is 152 Å². The van der Waals surface area contributed by atoms with Crippen LogP contribution in [-0.2, 0) is 12.2 Å². The second-order valence-electron chi connectivity index (χ2n) is 5.68. The topological polar surface area (TPSA) is 127 Å². The Balaban J connectivity index is 1.73. The van der Waals surface area contributed by atoms with Crippen LogP contribution in [0.3, 0.4) is 0 Å². The van der Waals surface area contributed by atoms with E-state index in [9.17, 15) is 10.1 Å². The fourth-order valence-electron chi connectivity index (χ4n) is 2.94. The third-order valence-corrected chi connectivity index (χ3v) is 4.95. The smallest absolute Gasteiger partial charge is 0.271 e. The Hall–Kier alpha value is -3.19. The van der Waals surface area contributed by atoms with Gasteiger partial charge in [-0.1, -0.05) is 35.2 Å². The fraction of sp³-hybridized carbons (Fsp3) is 0.250. The van der Waals surface area contributed by atoms with Gasteiger partial charge in [0.1, 0.15) is 6.07 Å².